The third-order valence-electron chi connectivity index (χ3n) is 4.09. The molecule has 0 spiro atoms. The molecule has 0 atom stereocenters. The SMILES string of the molecule is Cc1c(-c2nccn2C)cc(C(F)(F)F)cc1-[n+]1ccccc1C. The summed E-state index contributed by atoms with van der Waals surface area (Å²) < 4.78 is 43.7. The number of hydrogen-bond donors (Lipinski definition) is 0. The number of imidazole rings is 1. The van der Waals surface area contributed by atoms with Gasteiger partial charge in [-0.25, -0.2) is 4.98 Å². The van der Waals surface area contributed by atoms with Crippen LogP contribution in [0.1, 0.15) is 16.8 Å². The summed E-state index contributed by atoms with van der Waals surface area (Å²) in [6.07, 6.45) is 0.636. The number of benzene rings is 1. The van der Waals surface area contributed by atoms with E-state index in [9.17, 15) is 13.2 Å². The van der Waals surface area contributed by atoms with Crippen LogP contribution in [0.4, 0.5) is 13.2 Å². The average molecular weight is 332 g/mol. The lowest BCUT2D eigenvalue weighted by Gasteiger charge is -2.14. The van der Waals surface area contributed by atoms with Crippen LogP contribution in [-0.2, 0) is 13.2 Å². The van der Waals surface area contributed by atoms with E-state index in [1.54, 1.807) is 40.8 Å². The van der Waals surface area contributed by atoms with E-state index >= 15 is 0 Å². The van der Waals surface area contributed by atoms with Gasteiger partial charge in [-0.05, 0) is 13.0 Å². The van der Waals surface area contributed by atoms with Crippen molar-refractivity contribution >= 4 is 0 Å². The lowest BCUT2D eigenvalue weighted by molar-refractivity contribution is -0.603. The van der Waals surface area contributed by atoms with Gasteiger partial charge in [0.1, 0.15) is 5.82 Å². The van der Waals surface area contributed by atoms with E-state index in [2.05, 4.69) is 4.98 Å². The Morgan fingerprint density at radius 2 is 1.88 bits per heavy atom. The molecule has 124 valence electrons. The number of aromatic nitrogens is 3. The molecule has 0 saturated heterocycles. The van der Waals surface area contributed by atoms with Gasteiger partial charge in [-0.15, -0.1) is 0 Å². The van der Waals surface area contributed by atoms with Crippen LogP contribution in [-0.4, -0.2) is 9.55 Å². The molecule has 3 nitrogen and oxygen atoms in total. The molecule has 0 saturated carbocycles. The van der Waals surface area contributed by atoms with E-state index in [-0.39, 0.29) is 0 Å². The highest BCUT2D eigenvalue weighted by Gasteiger charge is 2.34. The second-order valence-corrected chi connectivity index (χ2v) is 5.74. The summed E-state index contributed by atoms with van der Waals surface area (Å²) >= 11 is 0. The molecule has 0 unspecified atom stereocenters. The van der Waals surface area contributed by atoms with Gasteiger partial charge in [0.25, 0.3) is 0 Å². The number of pyridine rings is 1. The highest BCUT2D eigenvalue weighted by atomic mass is 19.4. The predicted molar refractivity (Wildman–Crippen MR) is 84.7 cm³/mol. The van der Waals surface area contributed by atoms with Crippen molar-refractivity contribution in [2.24, 2.45) is 7.05 Å². The maximum absolute atomic E-state index is 13.4. The van der Waals surface area contributed by atoms with Crippen LogP contribution < -0.4 is 4.57 Å². The molecule has 6 heteroatoms. The van der Waals surface area contributed by atoms with Gasteiger partial charge < -0.3 is 4.57 Å². The third-order valence-corrected chi connectivity index (χ3v) is 4.09. The summed E-state index contributed by atoms with van der Waals surface area (Å²) in [5.41, 5.74) is 1.89. The van der Waals surface area contributed by atoms with Crippen molar-refractivity contribution in [2.75, 3.05) is 0 Å². The molecule has 0 radical (unpaired) electrons. The largest absolute Gasteiger partial charge is 0.416 e. The minimum Gasteiger partial charge on any atom is -0.334 e. The summed E-state index contributed by atoms with van der Waals surface area (Å²) in [4.78, 5) is 4.21. The Kier molecular flexibility index (Phi) is 3.91. The molecule has 0 aliphatic rings. The topological polar surface area (TPSA) is 21.7 Å². The fraction of sp³-hybridized carbons (Fsp3) is 0.222. The van der Waals surface area contributed by atoms with Crippen LogP contribution in [0.15, 0.2) is 48.9 Å². The maximum atomic E-state index is 13.4. The van der Waals surface area contributed by atoms with Crippen LogP contribution >= 0.6 is 0 Å². The molecular weight excluding hydrogens is 315 g/mol. The molecule has 3 aromatic rings. The first kappa shape index (κ1) is 16.2. The predicted octanol–water partition coefficient (Wildman–Crippen LogP) is 4.00. The number of halogens is 3. The summed E-state index contributed by atoms with van der Waals surface area (Å²) in [5, 5.41) is 0. The summed E-state index contributed by atoms with van der Waals surface area (Å²) in [6.45, 7) is 3.68. The van der Waals surface area contributed by atoms with Crippen LogP contribution in [0.2, 0.25) is 0 Å². The zero-order valence-corrected chi connectivity index (χ0v) is 13.6. The standard InChI is InChI=1S/C18H17F3N3/c1-12-6-4-5-8-24(12)16-11-14(18(19,20)21)10-15(13(16)2)17-22-7-9-23(17)3/h4-11H,1-3H3/q+1. The van der Waals surface area contributed by atoms with E-state index in [1.807, 2.05) is 26.0 Å². The summed E-state index contributed by atoms with van der Waals surface area (Å²) in [5.74, 6) is 0.508. The molecule has 0 fully saturated rings. The van der Waals surface area contributed by atoms with Crippen molar-refractivity contribution in [1.29, 1.82) is 0 Å². The highest BCUT2D eigenvalue weighted by molar-refractivity contribution is 5.66. The summed E-state index contributed by atoms with van der Waals surface area (Å²) in [7, 11) is 1.77. The maximum Gasteiger partial charge on any atom is 0.416 e. The van der Waals surface area contributed by atoms with E-state index < -0.39 is 11.7 Å². The van der Waals surface area contributed by atoms with Gasteiger partial charge in [0, 0.05) is 55.7 Å². The van der Waals surface area contributed by atoms with Gasteiger partial charge in [-0.3, -0.25) is 0 Å². The number of rotatable bonds is 2. The van der Waals surface area contributed by atoms with E-state index in [1.165, 1.54) is 12.1 Å². The molecule has 2 aromatic heterocycles. The number of alkyl halides is 3. The smallest absolute Gasteiger partial charge is 0.334 e. The Morgan fingerprint density at radius 3 is 2.46 bits per heavy atom. The van der Waals surface area contributed by atoms with Gasteiger partial charge >= 0.3 is 6.18 Å². The van der Waals surface area contributed by atoms with E-state index in [4.69, 9.17) is 0 Å². The lowest BCUT2D eigenvalue weighted by Crippen LogP contribution is -2.35. The van der Waals surface area contributed by atoms with Gasteiger partial charge in [0.15, 0.2) is 11.9 Å². The number of aryl methyl sites for hydroxylation is 2. The van der Waals surface area contributed by atoms with Gasteiger partial charge in [0.05, 0.1) is 5.56 Å². The Balaban J connectivity index is 2.34. The fourth-order valence-corrected chi connectivity index (χ4v) is 2.77. The van der Waals surface area contributed by atoms with Gasteiger partial charge in [-0.2, -0.15) is 17.7 Å². The normalized spacial score (nSPS) is 11.8. The van der Waals surface area contributed by atoms with Crippen LogP contribution in [0.25, 0.3) is 17.1 Å². The van der Waals surface area contributed by atoms with Crippen molar-refractivity contribution in [3.63, 3.8) is 0 Å². The van der Waals surface area contributed by atoms with Crippen molar-refractivity contribution in [3.8, 4) is 17.1 Å². The first-order valence-electron chi connectivity index (χ1n) is 7.46. The Morgan fingerprint density at radius 1 is 1.12 bits per heavy atom. The molecule has 24 heavy (non-hydrogen) atoms. The first-order valence-corrected chi connectivity index (χ1v) is 7.46. The van der Waals surface area contributed by atoms with Crippen molar-refractivity contribution in [1.82, 2.24) is 9.55 Å². The van der Waals surface area contributed by atoms with E-state index in [0.717, 1.165) is 11.3 Å². The Bertz CT molecular complexity index is 895. The Labute approximate surface area is 138 Å². The molecule has 2 heterocycles. The minimum absolute atomic E-state index is 0.475. The zero-order chi connectivity index (χ0) is 17.5. The average Bonchev–Trinajstić information content (AvgIpc) is 2.93. The monoisotopic (exact) mass is 332 g/mol. The van der Waals surface area contributed by atoms with Gasteiger partial charge in [-0.1, -0.05) is 6.07 Å². The van der Waals surface area contributed by atoms with Crippen molar-refractivity contribution in [2.45, 2.75) is 20.0 Å². The van der Waals surface area contributed by atoms with Crippen LogP contribution in [0.3, 0.4) is 0 Å². The quantitative estimate of drug-likeness (QED) is 0.650. The molecule has 1 aromatic carbocycles. The number of nitrogens with zero attached hydrogens (tertiary/aromatic N) is 3. The zero-order valence-electron chi connectivity index (χ0n) is 13.6. The highest BCUT2D eigenvalue weighted by Crippen LogP contribution is 2.35. The number of hydrogen-bond acceptors (Lipinski definition) is 1. The van der Waals surface area contributed by atoms with E-state index in [0.29, 0.717) is 17.1 Å². The van der Waals surface area contributed by atoms with Crippen LogP contribution in [0.5, 0.6) is 0 Å². The molecule has 0 amide bonds. The van der Waals surface area contributed by atoms with Crippen molar-refractivity contribution in [3.05, 3.63) is 65.7 Å². The molecule has 0 aliphatic heterocycles. The fourth-order valence-electron chi connectivity index (χ4n) is 2.77. The lowest BCUT2D eigenvalue weighted by atomic mass is 10.0. The Hall–Kier alpha value is -2.63. The molecule has 0 bridgehead atoms. The molecular formula is C18H17F3N3+. The molecule has 0 N–H and O–H groups in total. The summed E-state index contributed by atoms with van der Waals surface area (Å²) in [6, 6.07) is 7.87. The third kappa shape index (κ3) is 2.79. The molecule has 3 rings (SSSR count). The van der Waals surface area contributed by atoms with Crippen LogP contribution in [0, 0.1) is 13.8 Å². The second-order valence-electron chi connectivity index (χ2n) is 5.74. The second kappa shape index (κ2) is 5.78. The molecule has 0 aliphatic carbocycles. The first-order chi connectivity index (χ1) is 11.3. The van der Waals surface area contributed by atoms with Crippen molar-refractivity contribution < 1.29 is 17.7 Å². The minimum atomic E-state index is -4.42. The van der Waals surface area contributed by atoms with Gasteiger partial charge in [0.2, 0.25) is 5.69 Å².